The first-order valence-corrected chi connectivity index (χ1v) is 7.34. The molecule has 0 saturated carbocycles. The van der Waals surface area contributed by atoms with Crippen LogP contribution in [-0.4, -0.2) is 38.3 Å². The summed E-state index contributed by atoms with van der Waals surface area (Å²) in [6, 6.07) is 3.95. The average Bonchev–Trinajstić information content (AvgIpc) is 2.89. The fourth-order valence-electron chi connectivity index (χ4n) is 2.01. The van der Waals surface area contributed by atoms with E-state index in [0.717, 1.165) is 30.8 Å². The third kappa shape index (κ3) is 4.76. The van der Waals surface area contributed by atoms with Crippen molar-refractivity contribution in [3.8, 4) is 0 Å². The summed E-state index contributed by atoms with van der Waals surface area (Å²) >= 11 is 1.61. The molecule has 0 unspecified atom stereocenters. The molecular formula is C13H20N2O2S. The third-order valence-electron chi connectivity index (χ3n) is 2.98. The highest BCUT2D eigenvalue weighted by atomic mass is 32.1. The molecule has 0 aliphatic carbocycles. The minimum atomic E-state index is 0.0753. The first-order chi connectivity index (χ1) is 8.84. The molecule has 1 amide bonds. The minimum Gasteiger partial charge on any atom is -0.376 e. The number of ether oxygens (including phenoxy) is 1. The molecule has 2 N–H and O–H groups in total. The molecule has 1 saturated heterocycles. The van der Waals surface area contributed by atoms with E-state index in [2.05, 4.69) is 10.6 Å². The maximum Gasteiger partial charge on any atom is 0.225 e. The first kappa shape index (κ1) is 13.5. The third-order valence-corrected chi connectivity index (χ3v) is 3.86. The smallest absolute Gasteiger partial charge is 0.225 e. The summed E-state index contributed by atoms with van der Waals surface area (Å²) in [4.78, 5) is 12.7. The molecule has 0 bridgehead atoms. The maximum atomic E-state index is 11.6. The van der Waals surface area contributed by atoms with Crippen molar-refractivity contribution in [2.24, 2.45) is 0 Å². The van der Waals surface area contributed by atoms with Crippen LogP contribution in [0.25, 0.3) is 0 Å². The van der Waals surface area contributed by atoms with E-state index in [4.69, 9.17) is 4.74 Å². The molecule has 5 heteroatoms. The van der Waals surface area contributed by atoms with Crippen LogP contribution < -0.4 is 10.6 Å². The summed E-state index contributed by atoms with van der Waals surface area (Å²) < 4.78 is 5.72. The molecule has 1 fully saturated rings. The van der Waals surface area contributed by atoms with Crippen LogP contribution in [0.3, 0.4) is 0 Å². The molecule has 0 aromatic carbocycles. The van der Waals surface area contributed by atoms with Crippen molar-refractivity contribution in [1.29, 1.82) is 0 Å². The van der Waals surface area contributed by atoms with Gasteiger partial charge in [0, 0.05) is 11.4 Å². The average molecular weight is 268 g/mol. The Morgan fingerprint density at radius 1 is 1.50 bits per heavy atom. The van der Waals surface area contributed by atoms with Gasteiger partial charge in [-0.2, -0.15) is 0 Å². The van der Waals surface area contributed by atoms with E-state index < -0.39 is 0 Å². The minimum absolute atomic E-state index is 0.0753. The van der Waals surface area contributed by atoms with E-state index in [9.17, 15) is 4.79 Å². The fourth-order valence-corrected chi connectivity index (χ4v) is 2.72. The lowest BCUT2D eigenvalue weighted by Crippen LogP contribution is -2.35. The van der Waals surface area contributed by atoms with Crippen LogP contribution in [-0.2, 0) is 16.0 Å². The van der Waals surface area contributed by atoms with E-state index in [1.807, 2.05) is 17.5 Å². The highest BCUT2D eigenvalue weighted by Gasteiger charge is 2.12. The molecule has 1 aromatic heterocycles. The van der Waals surface area contributed by atoms with E-state index in [0.29, 0.717) is 25.7 Å². The summed E-state index contributed by atoms with van der Waals surface area (Å²) in [5.74, 6) is 0.0753. The molecule has 2 heterocycles. The Morgan fingerprint density at radius 3 is 3.06 bits per heavy atom. The zero-order valence-corrected chi connectivity index (χ0v) is 11.3. The van der Waals surface area contributed by atoms with Gasteiger partial charge in [0.2, 0.25) is 5.91 Å². The molecule has 1 aliphatic heterocycles. The van der Waals surface area contributed by atoms with Crippen LogP contribution in [0.1, 0.15) is 17.7 Å². The molecule has 0 radical (unpaired) electrons. The molecule has 0 spiro atoms. The molecule has 1 aromatic rings. The van der Waals surface area contributed by atoms with Gasteiger partial charge in [0.25, 0.3) is 0 Å². The van der Waals surface area contributed by atoms with Crippen LogP contribution in [0.15, 0.2) is 17.5 Å². The largest absolute Gasteiger partial charge is 0.376 e. The van der Waals surface area contributed by atoms with Gasteiger partial charge >= 0.3 is 0 Å². The van der Waals surface area contributed by atoms with Gasteiger partial charge in [-0.05, 0) is 37.4 Å². The molecule has 0 atom stereocenters. The lowest BCUT2D eigenvalue weighted by atomic mass is 10.1. The van der Waals surface area contributed by atoms with Crippen molar-refractivity contribution >= 4 is 17.2 Å². The van der Waals surface area contributed by atoms with Gasteiger partial charge in [0.15, 0.2) is 0 Å². The van der Waals surface area contributed by atoms with E-state index in [-0.39, 0.29) is 5.91 Å². The standard InChI is InChI=1S/C13H20N2O2S/c16-13(10-12-2-1-9-18-12)15-7-8-17-11-3-5-14-6-4-11/h1-2,9,11,14H,3-8,10H2,(H,15,16). The number of hydrogen-bond donors (Lipinski definition) is 2. The van der Waals surface area contributed by atoms with Crippen LogP contribution in [0, 0.1) is 0 Å². The fraction of sp³-hybridized carbons (Fsp3) is 0.615. The van der Waals surface area contributed by atoms with Crippen LogP contribution in [0.4, 0.5) is 0 Å². The monoisotopic (exact) mass is 268 g/mol. The Hall–Kier alpha value is -0.910. The van der Waals surface area contributed by atoms with Crippen molar-refractivity contribution in [2.45, 2.75) is 25.4 Å². The number of hydrogen-bond acceptors (Lipinski definition) is 4. The Balaban J connectivity index is 1.53. The molecular weight excluding hydrogens is 248 g/mol. The van der Waals surface area contributed by atoms with Crippen molar-refractivity contribution in [2.75, 3.05) is 26.2 Å². The second kappa shape index (κ2) is 7.51. The maximum absolute atomic E-state index is 11.6. The van der Waals surface area contributed by atoms with E-state index in [1.165, 1.54) is 0 Å². The van der Waals surface area contributed by atoms with Crippen LogP contribution in [0.2, 0.25) is 0 Å². The highest BCUT2D eigenvalue weighted by Crippen LogP contribution is 2.09. The van der Waals surface area contributed by atoms with E-state index >= 15 is 0 Å². The molecule has 100 valence electrons. The number of rotatable bonds is 6. The van der Waals surface area contributed by atoms with Gasteiger partial charge in [0.05, 0.1) is 19.1 Å². The number of thiophene rings is 1. The predicted molar refractivity (Wildman–Crippen MR) is 72.9 cm³/mol. The van der Waals surface area contributed by atoms with Gasteiger partial charge in [-0.15, -0.1) is 11.3 Å². The number of carbonyl (C=O) groups excluding carboxylic acids is 1. The molecule has 2 rings (SSSR count). The zero-order valence-electron chi connectivity index (χ0n) is 10.5. The van der Waals surface area contributed by atoms with Gasteiger partial charge in [-0.3, -0.25) is 4.79 Å². The summed E-state index contributed by atoms with van der Waals surface area (Å²) in [5, 5.41) is 8.18. The van der Waals surface area contributed by atoms with Crippen LogP contribution >= 0.6 is 11.3 Å². The highest BCUT2D eigenvalue weighted by molar-refractivity contribution is 7.10. The zero-order chi connectivity index (χ0) is 12.6. The van der Waals surface area contributed by atoms with Gasteiger partial charge < -0.3 is 15.4 Å². The molecule has 1 aliphatic rings. The summed E-state index contributed by atoms with van der Waals surface area (Å²) in [6.45, 7) is 3.29. The van der Waals surface area contributed by atoms with Crippen molar-refractivity contribution in [3.63, 3.8) is 0 Å². The van der Waals surface area contributed by atoms with Crippen molar-refractivity contribution in [1.82, 2.24) is 10.6 Å². The Morgan fingerprint density at radius 2 is 2.33 bits per heavy atom. The number of carbonyl (C=O) groups is 1. The lowest BCUT2D eigenvalue weighted by Gasteiger charge is -2.22. The van der Waals surface area contributed by atoms with E-state index in [1.54, 1.807) is 11.3 Å². The topological polar surface area (TPSA) is 50.4 Å². The van der Waals surface area contributed by atoms with Crippen LogP contribution in [0.5, 0.6) is 0 Å². The quantitative estimate of drug-likeness (QED) is 0.762. The second-order valence-corrected chi connectivity index (χ2v) is 5.46. The van der Waals surface area contributed by atoms with Gasteiger partial charge in [-0.25, -0.2) is 0 Å². The SMILES string of the molecule is O=C(Cc1cccs1)NCCOC1CCNCC1. The second-order valence-electron chi connectivity index (χ2n) is 4.43. The van der Waals surface area contributed by atoms with Gasteiger partial charge in [-0.1, -0.05) is 6.07 Å². The van der Waals surface area contributed by atoms with Crippen molar-refractivity contribution in [3.05, 3.63) is 22.4 Å². The predicted octanol–water partition coefficient (Wildman–Crippen LogP) is 1.18. The summed E-state index contributed by atoms with van der Waals surface area (Å²) in [5.41, 5.74) is 0. The summed E-state index contributed by atoms with van der Waals surface area (Å²) in [7, 11) is 0. The Labute approximate surface area is 112 Å². The number of piperidine rings is 1. The molecule has 4 nitrogen and oxygen atoms in total. The normalized spacial score (nSPS) is 16.7. The number of nitrogens with one attached hydrogen (secondary N) is 2. The lowest BCUT2D eigenvalue weighted by molar-refractivity contribution is -0.120. The molecule has 18 heavy (non-hydrogen) atoms. The Kier molecular flexibility index (Phi) is 5.64. The first-order valence-electron chi connectivity index (χ1n) is 6.46. The van der Waals surface area contributed by atoms with Crippen molar-refractivity contribution < 1.29 is 9.53 Å². The van der Waals surface area contributed by atoms with Gasteiger partial charge in [0.1, 0.15) is 0 Å². The number of amides is 1. The summed E-state index contributed by atoms with van der Waals surface area (Å²) in [6.07, 6.45) is 2.98. The Bertz CT molecular complexity index is 348.